The monoisotopic (exact) mass is 457 g/mol. The highest BCUT2D eigenvalue weighted by Gasteiger charge is 2.12. The van der Waals surface area contributed by atoms with E-state index in [0.717, 1.165) is 46.7 Å². The molecule has 0 aliphatic heterocycles. The van der Waals surface area contributed by atoms with Gasteiger partial charge in [-0.05, 0) is 61.7 Å². The van der Waals surface area contributed by atoms with Gasteiger partial charge in [-0.1, -0.05) is 36.4 Å². The number of para-hydroxylation sites is 3. The first-order chi connectivity index (χ1) is 16.6. The van der Waals surface area contributed by atoms with Gasteiger partial charge >= 0.3 is 0 Å². The minimum absolute atomic E-state index is 0.122. The number of carbonyl (C=O) groups excluding carboxylic acids is 1. The highest BCUT2D eigenvalue weighted by Crippen LogP contribution is 2.23. The van der Waals surface area contributed by atoms with Gasteiger partial charge < -0.3 is 19.4 Å². The van der Waals surface area contributed by atoms with Gasteiger partial charge in [0.25, 0.3) is 5.91 Å². The Hall–Kier alpha value is -3.80. The van der Waals surface area contributed by atoms with E-state index in [4.69, 9.17) is 14.5 Å². The molecule has 0 aliphatic carbocycles. The van der Waals surface area contributed by atoms with Crippen LogP contribution >= 0.6 is 0 Å². The zero-order chi connectivity index (χ0) is 23.9. The molecule has 4 rings (SSSR count). The largest absolute Gasteiger partial charge is 0.497 e. The predicted octanol–water partition coefficient (Wildman–Crippen LogP) is 5.10. The molecule has 1 aromatic heterocycles. The maximum Gasteiger partial charge on any atom is 0.251 e. The van der Waals surface area contributed by atoms with Gasteiger partial charge in [0.05, 0.1) is 24.8 Å². The van der Waals surface area contributed by atoms with Gasteiger partial charge in [0.2, 0.25) is 0 Å². The number of methoxy groups -OCH3 is 1. The summed E-state index contributed by atoms with van der Waals surface area (Å²) in [6, 6.07) is 21.5. The van der Waals surface area contributed by atoms with Crippen LogP contribution < -0.4 is 14.8 Å². The predicted molar refractivity (Wildman–Crippen MR) is 135 cm³/mol. The van der Waals surface area contributed by atoms with Crippen LogP contribution in [-0.4, -0.2) is 35.7 Å². The fourth-order valence-corrected chi connectivity index (χ4v) is 4.14. The first-order valence-electron chi connectivity index (χ1n) is 11.6. The average Bonchev–Trinajstić information content (AvgIpc) is 3.20. The number of imidazole rings is 1. The van der Waals surface area contributed by atoms with Crippen LogP contribution in [0.15, 0.2) is 66.7 Å². The second-order valence-electron chi connectivity index (χ2n) is 8.33. The fraction of sp³-hybridized carbons (Fsp3) is 0.286. The second kappa shape index (κ2) is 10.9. The Morgan fingerprint density at radius 2 is 1.76 bits per heavy atom. The van der Waals surface area contributed by atoms with Gasteiger partial charge in [-0.3, -0.25) is 4.79 Å². The molecule has 0 atom stereocenters. The third kappa shape index (κ3) is 5.39. The lowest BCUT2D eigenvalue weighted by atomic mass is 10.1. The van der Waals surface area contributed by atoms with Gasteiger partial charge in [-0.2, -0.15) is 0 Å². The summed E-state index contributed by atoms with van der Waals surface area (Å²) in [6.45, 7) is 6.07. The summed E-state index contributed by atoms with van der Waals surface area (Å²) in [7, 11) is 1.59. The van der Waals surface area contributed by atoms with Crippen LogP contribution in [0.5, 0.6) is 11.5 Å². The van der Waals surface area contributed by atoms with Crippen LogP contribution in [-0.2, 0) is 13.0 Å². The number of rotatable bonds is 10. The molecular formula is C28H31N3O3. The third-order valence-corrected chi connectivity index (χ3v) is 5.88. The highest BCUT2D eigenvalue weighted by molar-refractivity contribution is 5.94. The molecule has 0 aliphatic rings. The molecule has 4 aromatic rings. The number of amides is 1. The average molecular weight is 458 g/mol. The molecule has 0 fully saturated rings. The van der Waals surface area contributed by atoms with E-state index >= 15 is 0 Å². The van der Waals surface area contributed by atoms with Crippen LogP contribution in [0.3, 0.4) is 0 Å². The van der Waals surface area contributed by atoms with Crippen LogP contribution in [0.2, 0.25) is 0 Å². The third-order valence-electron chi connectivity index (χ3n) is 5.88. The molecule has 1 N–H and O–H groups in total. The van der Waals surface area contributed by atoms with E-state index in [1.165, 1.54) is 0 Å². The molecule has 3 aromatic carbocycles. The molecule has 0 bridgehead atoms. The number of aromatic nitrogens is 2. The minimum atomic E-state index is -0.122. The summed E-state index contributed by atoms with van der Waals surface area (Å²) in [4.78, 5) is 17.4. The maximum absolute atomic E-state index is 12.6. The van der Waals surface area contributed by atoms with Gasteiger partial charge in [0.15, 0.2) is 0 Å². The lowest BCUT2D eigenvalue weighted by molar-refractivity contribution is 0.0953. The van der Waals surface area contributed by atoms with E-state index in [1.807, 2.05) is 30.3 Å². The van der Waals surface area contributed by atoms with Crippen molar-refractivity contribution < 1.29 is 14.3 Å². The van der Waals surface area contributed by atoms with Crippen LogP contribution in [0.25, 0.3) is 11.0 Å². The lowest BCUT2D eigenvalue weighted by Gasteiger charge is -2.13. The van der Waals surface area contributed by atoms with E-state index < -0.39 is 0 Å². The normalized spacial score (nSPS) is 10.9. The highest BCUT2D eigenvalue weighted by atomic mass is 16.5. The standard InChI is InChI=1S/C28H31N3O3/c1-20-9-6-10-21(2)27(20)34-18-8-17-31-25-14-5-4-13-24(25)30-26(31)15-16-29-28(32)22-11-7-12-23(19-22)33-3/h4-7,9-14,19H,8,15-18H2,1-3H3,(H,29,32). The van der Waals surface area contributed by atoms with E-state index in [-0.39, 0.29) is 5.91 Å². The number of benzene rings is 3. The van der Waals surface area contributed by atoms with Crippen molar-refractivity contribution in [3.8, 4) is 11.5 Å². The first-order valence-corrected chi connectivity index (χ1v) is 11.6. The molecular weight excluding hydrogens is 426 g/mol. The van der Waals surface area contributed by atoms with Crippen molar-refractivity contribution in [3.63, 3.8) is 0 Å². The Morgan fingerprint density at radius 1 is 1.00 bits per heavy atom. The van der Waals surface area contributed by atoms with Crippen LogP contribution in [0, 0.1) is 13.8 Å². The van der Waals surface area contributed by atoms with Gasteiger partial charge in [-0.15, -0.1) is 0 Å². The molecule has 176 valence electrons. The molecule has 6 heteroatoms. The van der Waals surface area contributed by atoms with Crippen molar-refractivity contribution in [2.75, 3.05) is 20.3 Å². The van der Waals surface area contributed by atoms with Gasteiger partial charge in [-0.25, -0.2) is 4.98 Å². The van der Waals surface area contributed by atoms with E-state index in [2.05, 4.69) is 48.0 Å². The lowest BCUT2D eigenvalue weighted by Crippen LogP contribution is -2.26. The Morgan fingerprint density at radius 3 is 2.56 bits per heavy atom. The zero-order valence-corrected chi connectivity index (χ0v) is 20.0. The number of ether oxygens (including phenoxy) is 2. The van der Waals surface area contributed by atoms with E-state index in [1.54, 1.807) is 19.2 Å². The Kier molecular flexibility index (Phi) is 7.48. The summed E-state index contributed by atoms with van der Waals surface area (Å²) in [6.07, 6.45) is 1.50. The van der Waals surface area contributed by atoms with Crippen molar-refractivity contribution in [3.05, 3.63) is 89.2 Å². The molecule has 1 heterocycles. The number of fused-ring (bicyclic) bond motifs is 1. The number of hydrogen-bond acceptors (Lipinski definition) is 4. The van der Waals surface area contributed by atoms with Crippen LogP contribution in [0.4, 0.5) is 0 Å². The molecule has 0 spiro atoms. The molecule has 34 heavy (non-hydrogen) atoms. The second-order valence-corrected chi connectivity index (χ2v) is 8.33. The van der Waals surface area contributed by atoms with Crippen molar-refractivity contribution in [1.82, 2.24) is 14.9 Å². The summed E-state index contributed by atoms with van der Waals surface area (Å²) < 4.78 is 13.5. The SMILES string of the molecule is COc1cccc(C(=O)NCCc2nc3ccccc3n2CCCOc2c(C)cccc2C)c1. The first kappa shape index (κ1) is 23.4. The van der Waals surface area contributed by atoms with Crippen molar-refractivity contribution >= 4 is 16.9 Å². The number of carbonyl (C=O) groups is 1. The summed E-state index contributed by atoms with van der Waals surface area (Å²) in [5.74, 6) is 2.47. The van der Waals surface area contributed by atoms with Gasteiger partial charge in [0, 0.05) is 25.1 Å². The molecule has 6 nitrogen and oxygen atoms in total. The molecule has 0 saturated heterocycles. The summed E-state index contributed by atoms with van der Waals surface area (Å²) >= 11 is 0. The van der Waals surface area contributed by atoms with Gasteiger partial charge in [0.1, 0.15) is 17.3 Å². The quantitative estimate of drug-likeness (QED) is 0.336. The fourth-order valence-electron chi connectivity index (χ4n) is 4.14. The maximum atomic E-state index is 12.6. The van der Waals surface area contributed by atoms with Crippen LogP contribution in [0.1, 0.15) is 33.7 Å². The van der Waals surface area contributed by atoms with Crippen molar-refractivity contribution in [2.24, 2.45) is 0 Å². The molecule has 1 amide bonds. The molecule has 0 saturated carbocycles. The van der Waals surface area contributed by atoms with Crippen molar-refractivity contribution in [2.45, 2.75) is 33.2 Å². The molecule has 0 unspecified atom stereocenters. The zero-order valence-electron chi connectivity index (χ0n) is 20.0. The summed E-state index contributed by atoms with van der Waals surface area (Å²) in [5.41, 5.74) is 4.95. The smallest absolute Gasteiger partial charge is 0.251 e. The number of nitrogens with zero attached hydrogens (tertiary/aromatic N) is 2. The number of hydrogen-bond donors (Lipinski definition) is 1. The Balaban J connectivity index is 1.39. The summed E-state index contributed by atoms with van der Waals surface area (Å²) in [5, 5.41) is 3.00. The van der Waals surface area contributed by atoms with Crippen molar-refractivity contribution in [1.29, 1.82) is 0 Å². The Bertz CT molecular complexity index is 1260. The minimum Gasteiger partial charge on any atom is -0.497 e. The van der Waals surface area contributed by atoms with E-state index in [9.17, 15) is 4.79 Å². The topological polar surface area (TPSA) is 65.4 Å². The van der Waals surface area contributed by atoms with E-state index in [0.29, 0.717) is 30.9 Å². The number of aryl methyl sites for hydroxylation is 3. The molecule has 0 radical (unpaired) electrons. The Labute approximate surface area is 200 Å². The number of nitrogens with one attached hydrogen (secondary N) is 1.